The Kier molecular flexibility index (Phi) is 18.6. The molecular formula is C38H54N18O10. The highest BCUT2D eigenvalue weighted by Crippen LogP contribution is 2.09. The molecule has 10 N–H and O–H groups in total. The number of aliphatic hydroxyl groups excluding tert-OH is 2. The molecule has 0 aromatic carbocycles. The van der Waals surface area contributed by atoms with E-state index in [1.807, 2.05) is 0 Å². The lowest BCUT2D eigenvalue weighted by atomic mass is 10.4. The molecule has 8 aromatic rings. The molecule has 356 valence electrons. The number of aromatic nitrogens is 16. The summed E-state index contributed by atoms with van der Waals surface area (Å²) in [4.78, 5) is 88.2. The second kappa shape index (κ2) is 24.7. The van der Waals surface area contributed by atoms with E-state index in [1.54, 1.807) is 33.9 Å². The van der Waals surface area contributed by atoms with Crippen molar-refractivity contribution in [3.05, 3.63) is 78.4 Å². The van der Waals surface area contributed by atoms with Gasteiger partial charge in [-0.1, -0.05) is 26.7 Å². The molecule has 0 radical (unpaired) electrons. The van der Waals surface area contributed by atoms with Crippen molar-refractivity contribution < 1.29 is 29.2 Å². The minimum absolute atomic E-state index is 0.0291. The van der Waals surface area contributed by atoms with Gasteiger partial charge in [0.25, 0.3) is 22.2 Å². The maximum Gasteiger partial charge on any atom is 0.280 e. The van der Waals surface area contributed by atoms with Crippen LogP contribution in [-0.2, 0) is 45.9 Å². The fourth-order valence-corrected chi connectivity index (χ4v) is 5.72. The Bertz CT molecular complexity index is 2820. The van der Waals surface area contributed by atoms with Crippen LogP contribution in [0.1, 0.15) is 51.2 Å². The lowest BCUT2D eigenvalue weighted by Crippen LogP contribution is -2.13. The predicted molar refractivity (Wildman–Crippen MR) is 239 cm³/mol. The molecule has 0 unspecified atom stereocenters. The average molecular weight is 923 g/mol. The number of nitrogens with zero attached hydrogens (tertiary/aromatic N) is 12. The lowest BCUT2D eigenvalue weighted by Gasteiger charge is -2.04. The summed E-state index contributed by atoms with van der Waals surface area (Å²) in [5.41, 5.74) is 12.7. The maximum atomic E-state index is 11.6. The highest BCUT2D eigenvalue weighted by atomic mass is 16.5. The largest absolute Gasteiger partial charge is 0.394 e. The number of aromatic amines is 4. The van der Waals surface area contributed by atoms with Gasteiger partial charge in [-0.05, 0) is 26.7 Å². The zero-order valence-electron chi connectivity index (χ0n) is 36.9. The molecule has 0 bridgehead atoms. The predicted octanol–water partition coefficient (Wildman–Crippen LogP) is -0.259. The highest BCUT2D eigenvalue weighted by Gasteiger charge is 2.12. The Morgan fingerprint density at radius 2 is 0.773 bits per heavy atom. The van der Waals surface area contributed by atoms with Crippen LogP contribution in [0.2, 0.25) is 0 Å². The summed E-state index contributed by atoms with van der Waals surface area (Å²) in [5, 5.41) is 17.1. The van der Waals surface area contributed by atoms with Gasteiger partial charge >= 0.3 is 0 Å². The number of unbranched alkanes of at least 4 members (excludes halogenated alkanes) is 2. The number of nitrogen functional groups attached to an aromatic ring is 2. The molecule has 0 saturated heterocycles. The van der Waals surface area contributed by atoms with Crippen molar-refractivity contribution in [2.75, 3.05) is 51.1 Å². The Labute approximate surface area is 373 Å². The van der Waals surface area contributed by atoms with E-state index in [0.717, 1.165) is 25.7 Å². The van der Waals surface area contributed by atoms with Crippen molar-refractivity contribution in [3.8, 4) is 0 Å². The van der Waals surface area contributed by atoms with Gasteiger partial charge < -0.3 is 50.6 Å². The van der Waals surface area contributed by atoms with Gasteiger partial charge in [-0.25, -0.2) is 29.9 Å². The molecule has 0 aliphatic carbocycles. The first kappa shape index (κ1) is 49.8. The number of nitrogens with two attached hydrogens (primary N) is 2. The van der Waals surface area contributed by atoms with E-state index in [1.165, 1.54) is 23.5 Å². The number of rotatable bonds is 18. The van der Waals surface area contributed by atoms with Crippen molar-refractivity contribution in [1.82, 2.24) is 78.1 Å². The lowest BCUT2D eigenvalue weighted by molar-refractivity contribution is 0.0499. The van der Waals surface area contributed by atoms with E-state index in [-0.39, 0.29) is 90.6 Å². The molecule has 66 heavy (non-hydrogen) atoms. The normalized spacial score (nSPS) is 11.1. The molecule has 8 rings (SSSR count). The fraction of sp³-hybridized carbons (Fsp3) is 0.474. The molecule has 0 spiro atoms. The van der Waals surface area contributed by atoms with Crippen LogP contribution in [0, 0.1) is 13.8 Å². The van der Waals surface area contributed by atoms with E-state index in [4.69, 9.17) is 40.6 Å². The number of H-pyrrole nitrogens is 4. The minimum Gasteiger partial charge on any atom is -0.394 e. The van der Waals surface area contributed by atoms with E-state index in [0.29, 0.717) is 66.4 Å². The van der Waals surface area contributed by atoms with Crippen molar-refractivity contribution in [2.45, 2.75) is 80.3 Å². The van der Waals surface area contributed by atoms with Crippen molar-refractivity contribution in [1.29, 1.82) is 0 Å². The van der Waals surface area contributed by atoms with Crippen LogP contribution in [0.15, 0.2) is 44.5 Å². The first-order valence-corrected chi connectivity index (χ1v) is 20.7. The summed E-state index contributed by atoms with van der Waals surface area (Å²) in [5.74, 6) is 1.22. The van der Waals surface area contributed by atoms with Gasteiger partial charge in [0.05, 0.1) is 51.7 Å². The third kappa shape index (κ3) is 13.4. The second-order valence-corrected chi connectivity index (χ2v) is 14.1. The average Bonchev–Trinajstić information content (AvgIpc) is 4.08. The number of hydrogen-bond acceptors (Lipinski definition) is 20. The molecular weight excluding hydrogens is 869 g/mol. The molecule has 28 heteroatoms. The molecule has 0 saturated carbocycles. The standard InChI is InChI=1S/C11H16N4O2.C10H15N5O2.C9H12N4O3.C8H11N5O3/c1-3-4-5-17-7-15-6-12-9-10(15)13-8(2)14-11(9)16;1-2-3-4-17-6-15-5-12-7-8(15)13-10(11)14-9(7)16;1-6-11-8-7(9(15)12-6)10-4-13(8)5-16-3-2-14;9-8-11-6-5(7(15)12-8)10-3-13(6)4-16-2-1-14/h6H,3-5,7H2,1-2H3,(H,13,14,16);5H,2-4,6H2,1H3,(H3,11,13,14,16);4,14H,2-3,5H2,1H3,(H,11,12,15);3,14H,1-2,4H2,(H3,9,11,12,15). The van der Waals surface area contributed by atoms with E-state index in [9.17, 15) is 19.2 Å². The number of nitrogens with one attached hydrogen (secondary N) is 4. The second-order valence-electron chi connectivity index (χ2n) is 14.1. The topological polar surface area (TPSA) is 384 Å². The molecule has 0 aliphatic rings. The van der Waals surface area contributed by atoms with Gasteiger partial charge in [0.1, 0.15) is 38.6 Å². The SMILES string of the molecule is CCCCOCn1cnc2c(=O)[nH]c(C)nc21.CCCCOCn1cnc2c(=O)[nH]c(N)nc21.Cc1nc2c(ncn2COCCO)c(=O)[nH]1.Nc1nc2c(ncn2COCCO)c(=O)[nH]1. The van der Waals surface area contributed by atoms with Crippen LogP contribution in [0.4, 0.5) is 11.9 Å². The van der Waals surface area contributed by atoms with Crippen LogP contribution in [0.25, 0.3) is 44.7 Å². The number of fused-ring (bicyclic) bond motifs is 4. The molecule has 8 aromatic heterocycles. The van der Waals surface area contributed by atoms with Gasteiger partial charge in [-0.3, -0.25) is 47.4 Å². The monoisotopic (exact) mass is 922 g/mol. The van der Waals surface area contributed by atoms with Crippen LogP contribution >= 0.6 is 0 Å². The first-order valence-electron chi connectivity index (χ1n) is 20.7. The van der Waals surface area contributed by atoms with Gasteiger partial charge in [0.15, 0.2) is 44.7 Å². The summed E-state index contributed by atoms with van der Waals surface area (Å²) < 4.78 is 27.7. The summed E-state index contributed by atoms with van der Waals surface area (Å²) in [6, 6.07) is 0. The van der Waals surface area contributed by atoms with Crippen LogP contribution in [0.3, 0.4) is 0 Å². The molecule has 8 heterocycles. The van der Waals surface area contributed by atoms with Gasteiger partial charge in [0.2, 0.25) is 11.9 Å². The van der Waals surface area contributed by atoms with E-state index < -0.39 is 0 Å². The zero-order chi connectivity index (χ0) is 47.6. The maximum absolute atomic E-state index is 11.6. The van der Waals surface area contributed by atoms with Gasteiger partial charge in [0, 0.05) is 13.2 Å². The number of anilines is 2. The third-order valence-electron chi connectivity index (χ3n) is 8.85. The zero-order valence-corrected chi connectivity index (χ0v) is 36.9. The number of ether oxygens (including phenoxy) is 4. The summed E-state index contributed by atoms with van der Waals surface area (Å²) in [6.07, 6.45) is 10.2. The van der Waals surface area contributed by atoms with Crippen LogP contribution in [-0.4, -0.2) is 128 Å². The summed E-state index contributed by atoms with van der Waals surface area (Å²) >= 11 is 0. The summed E-state index contributed by atoms with van der Waals surface area (Å²) in [7, 11) is 0. The molecule has 0 atom stereocenters. The quantitative estimate of drug-likeness (QED) is 0.0514. The van der Waals surface area contributed by atoms with Crippen molar-refractivity contribution in [2.24, 2.45) is 0 Å². The Hall–Kier alpha value is -7.24. The van der Waals surface area contributed by atoms with Crippen molar-refractivity contribution in [3.63, 3.8) is 0 Å². The molecule has 0 aliphatic heterocycles. The third-order valence-corrected chi connectivity index (χ3v) is 8.85. The number of aryl methyl sites for hydroxylation is 2. The minimum atomic E-state index is -0.386. The highest BCUT2D eigenvalue weighted by molar-refractivity contribution is 5.71. The molecule has 0 fully saturated rings. The molecule has 0 amide bonds. The Balaban J connectivity index is 0.000000165. The summed E-state index contributed by atoms with van der Waals surface area (Å²) in [6.45, 7) is 10.5. The number of aliphatic hydroxyl groups is 2. The molecule has 28 nitrogen and oxygen atoms in total. The smallest absolute Gasteiger partial charge is 0.280 e. The Morgan fingerprint density at radius 3 is 1.08 bits per heavy atom. The van der Waals surface area contributed by atoms with Crippen LogP contribution < -0.4 is 33.7 Å². The van der Waals surface area contributed by atoms with Gasteiger partial charge in [-0.15, -0.1) is 0 Å². The van der Waals surface area contributed by atoms with Crippen molar-refractivity contribution >= 4 is 56.6 Å². The van der Waals surface area contributed by atoms with Crippen LogP contribution in [0.5, 0.6) is 0 Å². The Morgan fingerprint density at radius 1 is 0.485 bits per heavy atom. The number of imidazole rings is 4. The fourth-order valence-electron chi connectivity index (χ4n) is 5.72. The first-order chi connectivity index (χ1) is 31.9. The van der Waals surface area contributed by atoms with Gasteiger partial charge in [-0.2, -0.15) is 9.97 Å². The van der Waals surface area contributed by atoms with E-state index >= 15 is 0 Å². The van der Waals surface area contributed by atoms with E-state index in [2.05, 4.69) is 73.7 Å². The number of hydrogen-bond donors (Lipinski definition) is 8.